The molecule has 11 nitrogen and oxygen atoms in total. The summed E-state index contributed by atoms with van der Waals surface area (Å²) in [5.74, 6) is 0.0682. The van der Waals surface area contributed by atoms with E-state index in [1.54, 1.807) is 37.3 Å². The van der Waals surface area contributed by atoms with Gasteiger partial charge in [0.2, 0.25) is 0 Å². The molecule has 0 radical (unpaired) electrons. The summed E-state index contributed by atoms with van der Waals surface area (Å²) in [6, 6.07) is 8.12. The van der Waals surface area contributed by atoms with E-state index in [1.807, 2.05) is 50.8 Å². The third-order valence-corrected chi connectivity index (χ3v) is 9.97. The van der Waals surface area contributed by atoms with Gasteiger partial charge in [-0.25, -0.2) is 28.4 Å². The fourth-order valence-corrected chi connectivity index (χ4v) is 6.88. The van der Waals surface area contributed by atoms with Gasteiger partial charge in [0.05, 0.1) is 4.90 Å². The van der Waals surface area contributed by atoms with Gasteiger partial charge in [0.1, 0.15) is 22.6 Å². The van der Waals surface area contributed by atoms with Gasteiger partial charge in [0.15, 0.2) is 15.6 Å². The van der Waals surface area contributed by atoms with Gasteiger partial charge in [-0.15, -0.1) is 11.8 Å². The zero-order valence-corrected chi connectivity index (χ0v) is 31.6. The van der Waals surface area contributed by atoms with E-state index in [4.69, 9.17) is 0 Å². The van der Waals surface area contributed by atoms with E-state index in [9.17, 15) is 13.2 Å². The zero-order chi connectivity index (χ0) is 36.9. The molecule has 8 aromatic rings. The maximum atomic E-state index is 11.4. The number of H-pyrrole nitrogens is 4. The largest absolute Gasteiger partial charge is 0.346 e. The predicted molar refractivity (Wildman–Crippen MR) is 208 cm³/mol. The van der Waals surface area contributed by atoms with Crippen molar-refractivity contribution in [3.63, 3.8) is 0 Å². The van der Waals surface area contributed by atoms with E-state index < -0.39 is 9.84 Å². The molecular formula is C38H42N8O3S2. The van der Waals surface area contributed by atoms with Crippen LogP contribution in [0.5, 0.6) is 0 Å². The number of nitrogens with zero attached hydrogens (tertiary/aromatic N) is 4. The molecule has 8 heterocycles. The number of aromatic nitrogens is 8. The number of hydrogen-bond donors (Lipinski definition) is 4. The number of thioether (sulfide) groups is 1. The molecule has 0 unspecified atom stereocenters. The Hall–Kier alpha value is -5.27. The average Bonchev–Trinajstić information content (AvgIpc) is 3.89. The van der Waals surface area contributed by atoms with Crippen LogP contribution in [0.2, 0.25) is 0 Å². The fraction of sp³-hybridized carbons (Fsp3) is 0.237. The summed E-state index contributed by atoms with van der Waals surface area (Å²) < 4.78 is 22.7. The molecule has 0 aliphatic rings. The van der Waals surface area contributed by atoms with Crippen LogP contribution < -0.4 is 0 Å². The van der Waals surface area contributed by atoms with Gasteiger partial charge in [0.25, 0.3) is 0 Å². The lowest BCUT2D eigenvalue weighted by atomic mass is 10.1. The number of Topliss-reactive ketones (excluding diaryl/α,β-unsaturated/α-hetero) is 1. The second-order valence-corrected chi connectivity index (χ2v) is 15.2. The molecule has 0 atom stereocenters. The van der Waals surface area contributed by atoms with Gasteiger partial charge >= 0.3 is 0 Å². The minimum absolute atomic E-state index is 0.0682. The Morgan fingerprint density at radius 3 is 1.61 bits per heavy atom. The second kappa shape index (κ2) is 15.7. The molecule has 0 spiro atoms. The SMILES string of the molecule is CC(=O)c1c[nH]c2ncc(C)cc12.CCc1c[nH]c2ncc(C)cc12.CSc1c[nH]c2ncc(C)cc12.Cc1cnc2[nH]cc(S(C)(=O)=O)c2c1. The lowest BCUT2D eigenvalue weighted by Crippen LogP contribution is -1.95. The summed E-state index contributed by atoms with van der Waals surface area (Å²) >= 11 is 1.74. The third kappa shape index (κ3) is 8.73. The number of hydrogen-bond acceptors (Lipinski definition) is 8. The molecule has 0 fully saturated rings. The highest BCUT2D eigenvalue weighted by Crippen LogP contribution is 2.25. The van der Waals surface area contributed by atoms with Gasteiger partial charge in [-0.2, -0.15) is 0 Å². The Balaban J connectivity index is 0.000000132. The maximum absolute atomic E-state index is 11.4. The molecule has 0 aliphatic carbocycles. The van der Waals surface area contributed by atoms with Crippen LogP contribution in [0.25, 0.3) is 44.1 Å². The Labute approximate surface area is 301 Å². The first-order valence-electron chi connectivity index (χ1n) is 16.3. The van der Waals surface area contributed by atoms with Crippen molar-refractivity contribution < 1.29 is 13.2 Å². The van der Waals surface area contributed by atoms with Crippen molar-refractivity contribution in [1.82, 2.24) is 39.9 Å². The smallest absolute Gasteiger partial charge is 0.177 e. The van der Waals surface area contributed by atoms with Gasteiger partial charge in [-0.3, -0.25) is 4.79 Å². The van der Waals surface area contributed by atoms with Crippen LogP contribution in [0.4, 0.5) is 0 Å². The lowest BCUT2D eigenvalue weighted by molar-refractivity contribution is 0.101. The highest BCUT2D eigenvalue weighted by atomic mass is 32.2. The van der Waals surface area contributed by atoms with Crippen molar-refractivity contribution in [2.24, 2.45) is 0 Å². The topological polar surface area (TPSA) is 166 Å². The van der Waals surface area contributed by atoms with E-state index in [0.717, 1.165) is 39.9 Å². The van der Waals surface area contributed by atoms with Crippen LogP contribution in [-0.4, -0.2) is 66.6 Å². The number of rotatable bonds is 4. The predicted octanol–water partition coefficient (Wildman–Crippen LogP) is 8.38. The van der Waals surface area contributed by atoms with Crippen LogP contribution in [0.1, 0.15) is 52.0 Å². The number of aromatic amines is 4. The van der Waals surface area contributed by atoms with Crippen LogP contribution in [0.3, 0.4) is 0 Å². The lowest BCUT2D eigenvalue weighted by Gasteiger charge is -1.95. The molecule has 264 valence electrons. The molecule has 0 bridgehead atoms. The second-order valence-electron chi connectivity index (χ2n) is 12.3. The Morgan fingerprint density at radius 1 is 0.647 bits per heavy atom. The number of nitrogens with one attached hydrogen (secondary N) is 4. The first-order valence-corrected chi connectivity index (χ1v) is 19.4. The van der Waals surface area contributed by atoms with Crippen molar-refractivity contribution >= 4 is 71.5 Å². The van der Waals surface area contributed by atoms with Crippen molar-refractivity contribution in [3.8, 4) is 0 Å². The summed E-state index contributed by atoms with van der Waals surface area (Å²) in [7, 11) is -3.17. The fourth-order valence-electron chi connectivity index (χ4n) is 5.50. The number of ketones is 1. The van der Waals surface area contributed by atoms with Gasteiger partial charge in [-0.05, 0) is 99.4 Å². The normalized spacial score (nSPS) is 11.1. The molecule has 8 rings (SSSR count). The molecule has 0 saturated carbocycles. The molecule has 13 heteroatoms. The monoisotopic (exact) mass is 722 g/mol. The van der Waals surface area contributed by atoms with Gasteiger partial charge < -0.3 is 19.9 Å². The number of fused-ring (bicyclic) bond motifs is 4. The van der Waals surface area contributed by atoms with Crippen LogP contribution in [-0.2, 0) is 16.3 Å². The summed E-state index contributed by atoms with van der Waals surface area (Å²) in [5.41, 5.74) is 9.85. The molecule has 51 heavy (non-hydrogen) atoms. The number of sulfone groups is 1. The van der Waals surface area contributed by atoms with Crippen molar-refractivity contribution in [3.05, 3.63) is 107 Å². The average molecular weight is 723 g/mol. The quantitative estimate of drug-likeness (QED) is 0.104. The van der Waals surface area contributed by atoms with E-state index in [0.29, 0.717) is 21.5 Å². The van der Waals surface area contributed by atoms with Gasteiger partial charge in [-0.1, -0.05) is 6.92 Å². The van der Waals surface area contributed by atoms with E-state index >= 15 is 0 Å². The first kappa shape index (κ1) is 37.0. The number of pyridine rings is 4. The molecule has 0 aromatic carbocycles. The highest BCUT2D eigenvalue weighted by Gasteiger charge is 2.14. The van der Waals surface area contributed by atoms with E-state index in [2.05, 4.69) is 79.0 Å². The van der Waals surface area contributed by atoms with Crippen molar-refractivity contribution in [1.29, 1.82) is 0 Å². The number of carbonyl (C=O) groups excluding carboxylic acids is 1. The molecule has 4 N–H and O–H groups in total. The molecule has 0 amide bonds. The standard InChI is InChI=1S/C10H10N2O.C10H12N2.C9H10N2O2S.C9H10N2S/c1-6-3-8-9(7(2)13)5-12-10(8)11-4-6;1-3-8-6-12-10-9(8)4-7(2)5-11-10;1-6-3-7-8(14(2,12)13)5-11-9(7)10-4-6;1-6-3-7-8(12-2)5-11-9(7)10-4-6/h3-5H,1-2H3,(H,11,12);4-6H,3H2,1-2H3,(H,11,12);3-5H,1-2H3,(H,10,11);3-5H,1-2H3,(H,10,11). The Morgan fingerprint density at radius 2 is 1.08 bits per heavy atom. The van der Waals surface area contributed by atoms with Gasteiger partial charge in [0, 0.05) is 87.8 Å². The zero-order valence-electron chi connectivity index (χ0n) is 30.0. The minimum Gasteiger partial charge on any atom is -0.346 e. The summed E-state index contributed by atoms with van der Waals surface area (Å²) in [5, 5.41) is 4.06. The third-order valence-electron chi connectivity index (χ3n) is 8.06. The summed E-state index contributed by atoms with van der Waals surface area (Å²) in [4.78, 5) is 41.7. The maximum Gasteiger partial charge on any atom is 0.177 e. The summed E-state index contributed by atoms with van der Waals surface area (Å²) in [6.07, 6.45) is 18.8. The summed E-state index contributed by atoms with van der Waals surface area (Å²) in [6.45, 7) is 11.7. The number of carbonyl (C=O) groups is 1. The molecule has 8 aromatic heterocycles. The van der Waals surface area contributed by atoms with E-state index in [-0.39, 0.29) is 5.78 Å². The molecular weight excluding hydrogens is 681 g/mol. The van der Waals surface area contributed by atoms with Crippen LogP contribution >= 0.6 is 11.8 Å². The first-order chi connectivity index (χ1) is 24.3. The minimum atomic E-state index is -3.17. The van der Waals surface area contributed by atoms with Crippen LogP contribution in [0.15, 0.2) is 83.6 Å². The highest BCUT2D eigenvalue weighted by molar-refractivity contribution is 7.98. The van der Waals surface area contributed by atoms with Crippen molar-refractivity contribution in [2.75, 3.05) is 12.5 Å². The van der Waals surface area contributed by atoms with Crippen molar-refractivity contribution in [2.45, 2.75) is 57.8 Å². The Bertz CT molecular complexity index is 2500. The molecule has 0 saturated heterocycles. The molecule has 0 aliphatic heterocycles. The van der Waals surface area contributed by atoms with E-state index in [1.165, 1.54) is 44.8 Å². The van der Waals surface area contributed by atoms with Crippen LogP contribution in [0, 0.1) is 27.7 Å². The number of aryl methyl sites for hydroxylation is 5. The Kier molecular flexibility index (Phi) is 11.4.